The highest BCUT2D eigenvalue weighted by Gasteiger charge is 2.20. The Labute approximate surface area is 118 Å². The van der Waals surface area contributed by atoms with Gasteiger partial charge in [0, 0.05) is 0 Å². The molecule has 0 heteroatoms. The highest BCUT2D eigenvalue weighted by atomic mass is 14.2. The molecule has 0 aliphatic heterocycles. The zero-order valence-electron chi connectivity index (χ0n) is 12.1. The molecule has 0 unspecified atom stereocenters. The number of hydrogen-bond acceptors (Lipinski definition) is 0. The van der Waals surface area contributed by atoms with E-state index in [2.05, 4.69) is 49.9 Å². The molecule has 2 rings (SSSR count). The van der Waals surface area contributed by atoms with Gasteiger partial charge in [-0.15, -0.1) is 0 Å². The zero-order valence-corrected chi connectivity index (χ0v) is 12.1. The number of hydrogen-bond donors (Lipinski definition) is 0. The van der Waals surface area contributed by atoms with E-state index in [1.54, 1.807) is 5.56 Å². The van der Waals surface area contributed by atoms with Gasteiger partial charge in [0.1, 0.15) is 0 Å². The molecule has 0 aromatic heterocycles. The van der Waals surface area contributed by atoms with Gasteiger partial charge in [-0.1, -0.05) is 62.4 Å². The fraction of sp³-hybridized carbons (Fsp3) is 0.474. The third kappa shape index (κ3) is 4.09. The van der Waals surface area contributed by atoms with E-state index in [0.717, 1.165) is 11.8 Å². The predicted octanol–water partition coefficient (Wildman–Crippen LogP) is 5.66. The summed E-state index contributed by atoms with van der Waals surface area (Å²) in [4.78, 5) is 0. The first kappa shape index (κ1) is 14.1. The van der Waals surface area contributed by atoms with Gasteiger partial charge in [-0.3, -0.25) is 0 Å². The molecule has 1 aromatic carbocycles. The van der Waals surface area contributed by atoms with Gasteiger partial charge in [-0.05, 0) is 55.1 Å². The minimum atomic E-state index is 0.772. The molecule has 1 saturated carbocycles. The van der Waals surface area contributed by atoms with Gasteiger partial charge < -0.3 is 0 Å². The van der Waals surface area contributed by atoms with Crippen molar-refractivity contribution in [1.82, 2.24) is 0 Å². The molecule has 0 spiro atoms. The topological polar surface area (TPSA) is 0 Å². The Morgan fingerprint density at radius 3 is 2.37 bits per heavy atom. The quantitative estimate of drug-likeness (QED) is 0.595. The van der Waals surface area contributed by atoms with E-state index in [-0.39, 0.29) is 0 Å². The molecule has 0 atom stereocenters. The summed E-state index contributed by atoms with van der Waals surface area (Å²) in [7, 11) is 0. The van der Waals surface area contributed by atoms with E-state index >= 15 is 0 Å². The van der Waals surface area contributed by atoms with Crippen LogP contribution in [0, 0.1) is 5.92 Å². The summed E-state index contributed by atoms with van der Waals surface area (Å²) in [6, 6.07) is 9.36. The van der Waals surface area contributed by atoms with Crippen LogP contribution in [0.1, 0.15) is 56.1 Å². The van der Waals surface area contributed by atoms with E-state index in [9.17, 15) is 0 Å². The third-order valence-electron chi connectivity index (χ3n) is 4.28. The van der Waals surface area contributed by atoms with Crippen molar-refractivity contribution in [2.45, 2.75) is 51.4 Å². The smallest absolute Gasteiger partial charge is 0.0162 e. The second kappa shape index (κ2) is 7.33. The molecular formula is C19H26. The minimum Gasteiger partial charge on any atom is -0.0991 e. The van der Waals surface area contributed by atoms with Crippen LogP contribution in [0.15, 0.2) is 49.1 Å². The van der Waals surface area contributed by atoms with Gasteiger partial charge in [-0.2, -0.15) is 0 Å². The molecule has 0 amide bonds. The van der Waals surface area contributed by atoms with Gasteiger partial charge in [0.25, 0.3) is 0 Å². The summed E-state index contributed by atoms with van der Waals surface area (Å²) >= 11 is 0. The molecule has 1 aliphatic carbocycles. The predicted molar refractivity (Wildman–Crippen MR) is 84.5 cm³/mol. The second-order valence-corrected chi connectivity index (χ2v) is 5.72. The SMILES string of the molecule is C=C/C=C/C1CCC(c2ccc(CCC)cc2)CC1. The maximum Gasteiger partial charge on any atom is -0.0162 e. The highest BCUT2D eigenvalue weighted by molar-refractivity contribution is 5.26. The van der Waals surface area contributed by atoms with Crippen molar-refractivity contribution in [1.29, 1.82) is 0 Å². The Morgan fingerprint density at radius 2 is 1.79 bits per heavy atom. The Morgan fingerprint density at radius 1 is 1.11 bits per heavy atom. The highest BCUT2D eigenvalue weighted by Crippen LogP contribution is 2.36. The first-order valence-corrected chi connectivity index (χ1v) is 7.71. The minimum absolute atomic E-state index is 0.772. The normalized spacial score (nSPS) is 23.6. The van der Waals surface area contributed by atoms with Crippen molar-refractivity contribution in [3.63, 3.8) is 0 Å². The molecule has 1 fully saturated rings. The summed E-state index contributed by atoms with van der Waals surface area (Å²) in [5.41, 5.74) is 3.03. The summed E-state index contributed by atoms with van der Waals surface area (Å²) in [5.74, 6) is 1.55. The number of allylic oxidation sites excluding steroid dienone is 3. The van der Waals surface area contributed by atoms with Crippen LogP contribution in [0.4, 0.5) is 0 Å². The monoisotopic (exact) mass is 254 g/mol. The van der Waals surface area contributed by atoms with E-state index in [4.69, 9.17) is 0 Å². The lowest BCUT2D eigenvalue weighted by molar-refractivity contribution is 0.376. The summed E-state index contributed by atoms with van der Waals surface area (Å²) in [5, 5.41) is 0. The van der Waals surface area contributed by atoms with Crippen molar-refractivity contribution in [2.75, 3.05) is 0 Å². The standard InChI is InChI=1S/C19H26/c1-3-5-7-17-10-14-19(15-11-17)18-12-8-16(6-4-2)9-13-18/h3,5,7-9,12-13,17,19H,1,4,6,10-11,14-15H2,2H3/b7-5+. The Bertz CT molecular complexity index is 402. The molecule has 1 aromatic rings. The summed E-state index contributed by atoms with van der Waals surface area (Å²) in [6.07, 6.45) is 14.1. The van der Waals surface area contributed by atoms with Gasteiger partial charge in [0.15, 0.2) is 0 Å². The lowest BCUT2D eigenvalue weighted by Crippen LogP contribution is -2.11. The molecule has 0 nitrogen and oxygen atoms in total. The molecular weight excluding hydrogens is 228 g/mol. The average molecular weight is 254 g/mol. The van der Waals surface area contributed by atoms with E-state index < -0.39 is 0 Å². The first-order valence-electron chi connectivity index (χ1n) is 7.71. The summed E-state index contributed by atoms with van der Waals surface area (Å²) in [6.45, 7) is 5.99. The molecule has 0 bridgehead atoms. The van der Waals surface area contributed by atoms with Gasteiger partial charge in [0.05, 0.1) is 0 Å². The zero-order chi connectivity index (χ0) is 13.5. The molecule has 0 heterocycles. The fourth-order valence-electron chi connectivity index (χ4n) is 3.13. The number of benzene rings is 1. The van der Waals surface area contributed by atoms with E-state index in [1.807, 2.05) is 6.08 Å². The van der Waals surface area contributed by atoms with Crippen LogP contribution < -0.4 is 0 Å². The van der Waals surface area contributed by atoms with E-state index in [1.165, 1.54) is 44.1 Å². The van der Waals surface area contributed by atoms with Crippen molar-refractivity contribution >= 4 is 0 Å². The molecule has 102 valence electrons. The van der Waals surface area contributed by atoms with Gasteiger partial charge in [0.2, 0.25) is 0 Å². The van der Waals surface area contributed by atoms with Gasteiger partial charge in [-0.25, -0.2) is 0 Å². The molecule has 0 saturated heterocycles. The van der Waals surface area contributed by atoms with Crippen LogP contribution in [0.25, 0.3) is 0 Å². The van der Waals surface area contributed by atoms with Crippen LogP contribution in [-0.2, 0) is 6.42 Å². The second-order valence-electron chi connectivity index (χ2n) is 5.72. The molecule has 19 heavy (non-hydrogen) atoms. The lowest BCUT2D eigenvalue weighted by atomic mass is 9.78. The van der Waals surface area contributed by atoms with Crippen LogP contribution in [-0.4, -0.2) is 0 Å². The lowest BCUT2D eigenvalue weighted by Gasteiger charge is -2.27. The van der Waals surface area contributed by atoms with Crippen LogP contribution in [0.2, 0.25) is 0 Å². The van der Waals surface area contributed by atoms with Crippen molar-refractivity contribution in [2.24, 2.45) is 5.92 Å². The molecule has 0 N–H and O–H groups in total. The fourth-order valence-corrected chi connectivity index (χ4v) is 3.13. The largest absolute Gasteiger partial charge is 0.0991 e. The van der Waals surface area contributed by atoms with Crippen molar-refractivity contribution < 1.29 is 0 Å². The Kier molecular flexibility index (Phi) is 5.44. The van der Waals surface area contributed by atoms with Crippen LogP contribution >= 0.6 is 0 Å². The van der Waals surface area contributed by atoms with Crippen molar-refractivity contribution in [3.8, 4) is 0 Å². The first-order chi connectivity index (χ1) is 9.33. The maximum atomic E-state index is 3.74. The van der Waals surface area contributed by atoms with E-state index in [0.29, 0.717) is 0 Å². The molecule has 0 radical (unpaired) electrons. The Hall–Kier alpha value is -1.30. The van der Waals surface area contributed by atoms with Crippen LogP contribution in [0.3, 0.4) is 0 Å². The molecule has 1 aliphatic rings. The maximum absolute atomic E-state index is 3.74. The third-order valence-corrected chi connectivity index (χ3v) is 4.28. The number of rotatable bonds is 5. The summed E-state index contributed by atoms with van der Waals surface area (Å²) < 4.78 is 0. The van der Waals surface area contributed by atoms with Crippen LogP contribution in [0.5, 0.6) is 0 Å². The number of aryl methyl sites for hydroxylation is 1. The Balaban J connectivity index is 1.90. The van der Waals surface area contributed by atoms with Gasteiger partial charge >= 0.3 is 0 Å². The van der Waals surface area contributed by atoms with Crippen molar-refractivity contribution in [3.05, 3.63) is 60.2 Å². The average Bonchev–Trinajstić information content (AvgIpc) is 2.47.